The first kappa shape index (κ1) is 8.94. The number of aromatic nitrogens is 2. The summed E-state index contributed by atoms with van der Waals surface area (Å²) >= 11 is 2.04. The van der Waals surface area contributed by atoms with Gasteiger partial charge in [-0.1, -0.05) is 0 Å². The van der Waals surface area contributed by atoms with Gasteiger partial charge in [0, 0.05) is 19.0 Å². The Balaban J connectivity index is 2.14. The van der Waals surface area contributed by atoms with E-state index in [1.54, 1.807) is 4.68 Å². The first-order chi connectivity index (χ1) is 6.27. The summed E-state index contributed by atoms with van der Waals surface area (Å²) in [6.45, 7) is 0. The SMILES string of the molecule is Cn1nc(C2CCSCC2)cc1N. The number of rotatable bonds is 1. The smallest absolute Gasteiger partial charge is 0.121 e. The Morgan fingerprint density at radius 2 is 2.23 bits per heavy atom. The number of thioether (sulfide) groups is 1. The fraction of sp³-hybridized carbons (Fsp3) is 0.667. The summed E-state index contributed by atoms with van der Waals surface area (Å²) in [6.07, 6.45) is 2.50. The zero-order valence-corrected chi connectivity index (χ0v) is 8.68. The first-order valence-corrected chi connectivity index (χ1v) is 5.80. The second kappa shape index (κ2) is 3.62. The van der Waals surface area contributed by atoms with Crippen LogP contribution in [0.4, 0.5) is 5.82 Å². The van der Waals surface area contributed by atoms with Gasteiger partial charge in [-0.05, 0) is 24.3 Å². The third-order valence-electron chi connectivity index (χ3n) is 2.57. The molecule has 2 rings (SSSR count). The molecule has 0 radical (unpaired) electrons. The Hall–Kier alpha value is -0.640. The molecule has 0 aromatic carbocycles. The maximum atomic E-state index is 5.74. The number of nitrogen functional groups attached to an aromatic ring is 1. The molecule has 0 atom stereocenters. The van der Waals surface area contributed by atoms with Gasteiger partial charge in [-0.25, -0.2) is 0 Å². The van der Waals surface area contributed by atoms with Crippen molar-refractivity contribution in [2.45, 2.75) is 18.8 Å². The second-order valence-corrected chi connectivity index (χ2v) is 4.73. The predicted octanol–water partition coefficient (Wildman–Crippen LogP) is 1.61. The van der Waals surface area contributed by atoms with Crippen molar-refractivity contribution in [2.75, 3.05) is 17.2 Å². The molecule has 1 aromatic rings. The van der Waals surface area contributed by atoms with Crippen LogP contribution < -0.4 is 5.73 Å². The lowest BCUT2D eigenvalue weighted by Crippen LogP contribution is -2.08. The van der Waals surface area contributed by atoms with E-state index in [0.29, 0.717) is 5.92 Å². The van der Waals surface area contributed by atoms with E-state index in [2.05, 4.69) is 5.10 Å². The highest BCUT2D eigenvalue weighted by molar-refractivity contribution is 7.99. The van der Waals surface area contributed by atoms with Crippen molar-refractivity contribution in [3.05, 3.63) is 11.8 Å². The number of aryl methyl sites for hydroxylation is 1. The van der Waals surface area contributed by atoms with Crippen molar-refractivity contribution in [2.24, 2.45) is 7.05 Å². The van der Waals surface area contributed by atoms with Gasteiger partial charge >= 0.3 is 0 Å². The number of hydrogen-bond donors (Lipinski definition) is 1. The molecule has 0 unspecified atom stereocenters. The molecule has 0 amide bonds. The number of nitrogens with zero attached hydrogens (tertiary/aromatic N) is 2. The average Bonchev–Trinajstić information content (AvgIpc) is 2.49. The molecule has 0 aliphatic carbocycles. The first-order valence-electron chi connectivity index (χ1n) is 4.64. The summed E-state index contributed by atoms with van der Waals surface area (Å²) in [5, 5.41) is 4.42. The topological polar surface area (TPSA) is 43.8 Å². The fourth-order valence-corrected chi connectivity index (χ4v) is 2.80. The average molecular weight is 197 g/mol. The lowest BCUT2D eigenvalue weighted by Gasteiger charge is -2.18. The molecular weight excluding hydrogens is 182 g/mol. The molecule has 1 aliphatic rings. The Morgan fingerprint density at radius 1 is 1.54 bits per heavy atom. The Bertz CT molecular complexity index is 270. The van der Waals surface area contributed by atoms with E-state index >= 15 is 0 Å². The molecule has 3 nitrogen and oxygen atoms in total. The third kappa shape index (κ3) is 1.82. The lowest BCUT2D eigenvalue weighted by molar-refractivity contribution is 0.601. The maximum Gasteiger partial charge on any atom is 0.121 e. The lowest BCUT2D eigenvalue weighted by atomic mass is 9.99. The molecule has 0 spiro atoms. The van der Waals surface area contributed by atoms with Crippen LogP contribution in [0, 0.1) is 0 Å². The molecule has 1 aliphatic heterocycles. The van der Waals surface area contributed by atoms with E-state index < -0.39 is 0 Å². The normalized spacial score (nSPS) is 19.2. The van der Waals surface area contributed by atoms with Crippen LogP contribution >= 0.6 is 11.8 Å². The monoisotopic (exact) mass is 197 g/mol. The maximum absolute atomic E-state index is 5.74. The fourth-order valence-electron chi connectivity index (χ4n) is 1.70. The van der Waals surface area contributed by atoms with Gasteiger partial charge in [0.15, 0.2) is 0 Å². The van der Waals surface area contributed by atoms with E-state index in [1.165, 1.54) is 30.0 Å². The summed E-state index contributed by atoms with van der Waals surface area (Å²) in [4.78, 5) is 0. The predicted molar refractivity (Wildman–Crippen MR) is 56.9 cm³/mol. The van der Waals surface area contributed by atoms with Gasteiger partial charge < -0.3 is 5.73 Å². The van der Waals surface area contributed by atoms with Crippen molar-refractivity contribution in [1.82, 2.24) is 9.78 Å². The van der Waals surface area contributed by atoms with E-state index in [1.807, 2.05) is 24.9 Å². The molecule has 1 saturated heterocycles. The van der Waals surface area contributed by atoms with E-state index in [-0.39, 0.29) is 0 Å². The van der Waals surface area contributed by atoms with Crippen LogP contribution in [-0.2, 0) is 7.05 Å². The van der Waals surface area contributed by atoms with Crippen molar-refractivity contribution < 1.29 is 0 Å². The molecular formula is C9H15N3S. The largest absolute Gasteiger partial charge is 0.384 e. The van der Waals surface area contributed by atoms with Gasteiger partial charge in [0.1, 0.15) is 5.82 Å². The van der Waals surface area contributed by atoms with E-state index in [9.17, 15) is 0 Å². The molecule has 0 bridgehead atoms. The number of nitrogens with two attached hydrogens (primary N) is 1. The minimum absolute atomic E-state index is 0.643. The van der Waals surface area contributed by atoms with Crippen LogP contribution in [0.5, 0.6) is 0 Å². The highest BCUT2D eigenvalue weighted by Gasteiger charge is 2.18. The molecule has 4 heteroatoms. The van der Waals surface area contributed by atoms with Crippen LogP contribution in [0.15, 0.2) is 6.07 Å². The van der Waals surface area contributed by atoms with Crippen LogP contribution in [-0.4, -0.2) is 21.3 Å². The summed E-state index contributed by atoms with van der Waals surface area (Å²) in [5.41, 5.74) is 6.92. The summed E-state index contributed by atoms with van der Waals surface area (Å²) in [5.74, 6) is 3.94. The Labute approximate surface area is 82.7 Å². The molecule has 1 fully saturated rings. The summed E-state index contributed by atoms with van der Waals surface area (Å²) in [7, 11) is 1.90. The Kier molecular flexibility index (Phi) is 2.49. The minimum atomic E-state index is 0.643. The quantitative estimate of drug-likeness (QED) is 0.744. The third-order valence-corrected chi connectivity index (χ3v) is 3.62. The Morgan fingerprint density at radius 3 is 2.77 bits per heavy atom. The van der Waals surface area contributed by atoms with Crippen LogP contribution in [0.1, 0.15) is 24.5 Å². The zero-order valence-electron chi connectivity index (χ0n) is 7.86. The highest BCUT2D eigenvalue weighted by atomic mass is 32.2. The van der Waals surface area contributed by atoms with Gasteiger partial charge in [-0.3, -0.25) is 4.68 Å². The molecule has 0 saturated carbocycles. The van der Waals surface area contributed by atoms with Crippen molar-refractivity contribution in [3.63, 3.8) is 0 Å². The van der Waals surface area contributed by atoms with Crippen molar-refractivity contribution in [1.29, 1.82) is 0 Å². The minimum Gasteiger partial charge on any atom is -0.384 e. The standard InChI is InChI=1S/C9H15N3S/c1-12-9(10)6-8(11-12)7-2-4-13-5-3-7/h6-7H,2-5,10H2,1H3. The van der Waals surface area contributed by atoms with Gasteiger partial charge in [0.05, 0.1) is 5.69 Å². The summed E-state index contributed by atoms with van der Waals surface area (Å²) < 4.78 is 1.76. The molecule has 72 valence electrons. The van der Waals surface area contributed by atoms with Gasteiger partial charge in [-0.15, -0.1) is 0 Å². The van der Waals surface area contributed by atoms with E-state index in [0.717, 1.165) is 5.82 Å². The van der Waals surface area contributed by atoms with Crippen molar-refractivity contribution >= 4 is 17.6 Å². The zero-order chi connectivity index (χ0) is 9.26. The van der Waals surface area contributed by atoms with Gasteiger partial charge in [-0.2, -0.15) is 16.9 Å². The van der Waals surface area contributed by atoms with Crippen molar-refractivity contribution in [3.8, 4) is 0 Å². The number of hydrogen-bond acceptors (Lipinski definition) is 3. The molecule has 2 N–H and O–H groups in total. The second-order valence-electron chi connectivity index (χ2n) is 3.50. The number of anilines is 1. The molecule has 13 heavy (non-hydrogen) atoms. The summed E-state index contributed by atoms with van der Waals surface area (Å²) in [6, 6.07) is 2.01. The van der Waals surface area contributed by atoms with Crippen LogP contribution in [0.2, 0.25) is 0 Å². The van der Waals surface area contributed by atoms with Crippen LogP contribution in [0.3, 0.4) is 0 Å². The van der Waals surface area contributed by atoms with E-state index in [4.69, 9.17) is 5.73 Å². The van der Waals surface area contributed by atoms with Gasteiger partial charge in [0.25, 0.3) is 0 Å². The van der Waals surface area contributed by atoms with Crippen LogP contribution in [0.25, 0.3) is 0 Å². The molecule has 2 heterocycles. The van der Waals surface area contributed by atoms with Gasteiger partial charge in [0.2, 0.25) is 0 Å². The highest BCUT2D eigenvalue weighted by Crippen LogP contribution is 2.31. The molecule has 1 aromatic heterocycles.